The first-order chi connectivity index (χ1) is 5.24. The van der Waals surface area contributed by atoms with Crippen molar-refractivity contribution < 1.29 is 4.79 Å². The highest BCUT2D eigenvalue weighted by molar-refractivity contribution is 5.75. The lowest BCUT2D eigenvalue weighted by Crippen LogP contribution is -2.35. The highest BCUT2D eigenvalue weighted by Gasteiger charge is 2.53. The van der Waals surface area contributed by atoms with Crippen LogP contribution in [0.1, 0.15) is 19.8 Å². The van der Waals surface area contributed by atoms with Crippen molar-refractivity contribution in [2.24, 2.45) is 5.92 Å². The molecule has 0 unspecified atom stereocenters. The molecule has 1 saturated carbocycles. The van der Waals surface area contributed by atoms with Gasteiger partial charge in [0.15, 0.2) is 0 Å². The molecule has 0 radical (unpaired) electrons. The van der Waals surface area contributed by atoms with E-state index in [1.54, 1.807) is 11.8 Å². The second kappa shape index (κ2) is 1.97. The normalized spacial score (nSPS) is 39.6. The first-order valence-electron chi connectivity index (χ1n) is 3.92. The Morgan fingerprint density at radius 1 is 1.64 bits per heavy atom. The summed E-state index contributed by atoms with van der Waals surface area (Å²) in [6, 6.07) is 2.45. The average molecular weight is 150 g/mol. The van der Waals surface area contributed by atoms with Crippen LogP contribution >= 0.6 is 0 Å². The molecule has 0 bridgehead atoms. The van der Waals surface area contributed by atoms with Crippen molar-refractivity contribution in [2.75, 3.05) is 0 Å². The lowest BCUT2D eigenvalue weighted by atomic mass is 10.2. The summed E-state index contributed by atoms with van der Waals surface area (Å²) in [5.74, 6) is 0.699. The van der Waals surface area contributed by atoms with Crippen LogP contribution in [-0.2, 0) is 4.79 Å². The number of hydrogen-bond acceptors (Lipinski definition) is 2. The van der Waals surface area contributed by atoms with E-state index >= 15 is 0 Å². The predicted octanol–water partition coefficient (Wildman–Crippen LogP) is 0.519. The molecule has 0 aromatic carbocycles. The molecular formula is C8H10N2O. The second-order valence-electron chi connectivity index (χ2n) is 3.37. The standard InChI is InChI=1S/C8H10N2O/c1-5(11)10-7(4-9)2-6-3-8(6)10/h6-8H,2-3H2,1H3/t6-,7+,8+/m1/s1. The van der Waals surface area contributed by atoms with E-state index in [1.807, 2.05) is 0 Å². The Morgan fingerprint density at radius 3 is 2.82 bits per heavy atom. The Morgan fingerprint density at radius 2 is 2.36 bits per heavy atom. The van der Waals surface area contributed by atoms with Crippen molar-refractivity contribution in [1.29, 1.82) is 5.26 Å². The molecule has 1 saturated heterocycles. The Balaban J connectivity index is 2.16. The topological polar surface area (TPSA) is 44.1 Å². The zero-order chi connectivity index (χ0) is 8.01. The van der Waals surface area contributed by atoms with Crippen LogP contribution < -0.4 is 0 Å². The molecule has 2 aliphatic rings. The summed E-state index contributed by atoms with van der Waals surface area (Å²) in [4.78, 5) is 12.8. The van der Waals surface area contributed by atoms with Crippen molar-refractivity contribution in [3.63, 3.8) is 0 Å². The SMILES string of the molecule is CC(=O)N1[C@H](C#N)C[C@@H]2C[C@@H]21. The number of carbonyl (C=O) groups excluding carboxylic acids is 1. The van der Waals surface area contributed by atoms with Crippen LogP contribution in [0.15, 0.2) is 0 Å². The highest BCUT2D eigenvalue weighted by atomic mass is 16.2. The number of rotatable bonds is 0. The fraction of sp³-hybridized carbons (Fsp3) is 0.750. The first-order valence-corrected chi connectivity index (χ1v) is 3.92. The molecular weight excluding hydrogens is 140 g/mol. The van der Waals surface area contributed by atoms with Gasteiger partial charge in [0.25, 0.3) is 0 Å². The number of nitriles is 1. The molecule has 0 aromatic rings. The average Bonchev–Trinajstić information content (AvgIpc) is 2.61. The van der Waals surface area contributed by atoms with E-state index in [9.17, 15) is 4.79 Å². The Labute approximate surface area is 65.6 Å². The molecule has 11 heavy (non-hydrogen) atoms. The van der Waals surface area contributed by atoms with Gasteiger partial charge < -0.3 is 4.90 Å². The minimum Gasteiger partial charge on any atom is -0.324 e. The molecule has 0 N–H and O–H groups in total. The van der Waals surface area contributed by atoms with E-state index in [1.165, 1.54) is 0 Å². The maximum Gasteiger partial charge on any atom is 0.220 e. The molecule has 0 spiro atoms. The number of likely N-dealkylation sites (tertiary alicyclic amines) is 1. The van der Waals surface area contributed by atoms with Crippen LogP contribution in [0.4, 0.5) is 0 Å². The largest absolute Gasteiger partial charge is 0.324 e. The van der Waals surface area contributed by atoms with Crippen molar-refractivity contribution >= 4 is 5.91 Å². The van der Waals surface area contributed by atoms with Gasteiger partial charge in [-0.25, -0.2) is 0 Å². The summed E-state index contributed by atoms with van der Waals surface area (Å²) in [6.45, 7) is 1.55. The van der Waals surface area contributed by atoms with Gasteiger partial charge in [-0.3, -0.25) is 4.79 Å². The van der Waals surface area contributed by atoms with Gasteiger partial charge in [-0.15, -0.1) is 0 Å². The van der Waals surface area contributed by atoms with Crippen molar-refractivity contribution in [3.05, 3.63) is 0 Å². The van der Waals surface area contributed by atoms with Gasteiger partial charge in [0, 0.05) is 13.0 Å². The smallest absolute Gasteiger partial charge is 0.220 e. The second-order valence-corrected chi connectivity index (χ2v) is 3.37. The Bertz CT molecular complexity index is 243. The fourth-order valence-electron chi connectivity index (χ4n) is 2.02. The van der Waals surface area contributed by atoms with E-state index in [0.717, 1.165) is 12.8 Å². The molecule has 3 atom stereocenters. The van der Waals surface area contributed by atoms with Gasteiger partial charge in [0.05, 0.1) is 6.07 Å². The molecule has 3 heteroatoms. The summed E-state index contributed by atoms with van der Waals surface area (Å²) in [6.07, 6.45) is 2.03. The van der Waals surface area contributed by atoms with Gasteiger partial charge in [-0.1, -0.05) is 0 Å². The van der Waals surface area contributed by atoms with Crippen LogP contribution in [0.3, 0.4) is 0 Å². The summed E-state index contributed by atoms with van der Waals surface area (Å²) in [5.41, 5.74) is 0. The Kier molecular flexibility index (Phi) is 1.19. The number of fused-ring (bicyclic) bond motifs is 1. The third kappa shape index (κ3) is 0.823. The van der Waals surface area contributed by atoms with Crippen molar-refractivity contribution in [3.8, 4) is 6.07 Å². The molecule has 58 valence electrons. The van der Waals surface area contributed by atoms with E-state index in [-0.39, 0.29) is 11.9 Å². The molecule has 2 rings (SSSR count). The summed E-state index contributed by atoms with van der Waals surface area (Å²) in [7, 11) is 0. The highest BCUT2D eigenvalue weighted by Crippen LogP contribution is 2.47. The third-order valence-corrected chi connectivity index (χ3v) is 2.62. The quantitative estimate of drug-likeness (QED) is 0.505. The number of amides is 1. The van der Waals surface area contributed by atoms with Gasteiger partial charge in [0.1, 0.15) is 6.04 Å². The number of piperidine rings is 1. The summed E-state index contributed by atoms with van der Waals surface area (Å²) < 4.78 is 0. The molecule has 1 aliphatic carbocycles. The van der Waals surface area contributed by atoms with E-state index in [4.69, 9.17) is 5.26 Å². The summed E-state index contributed by atoms with van der Waals surface area (Å²) >= 11 is 0. The Hall–Kier alpha value is -1.04. The number of nitrogens with zero attached hydrogens (tertiary/aromatic N) is 2. The molecule has 0 aromatic heterocycles. The molecule has 2 fully saturated rings. The third-order valence-electron chi connectivity index (χ3n) is 2.62. The lowest BCUT2D eigenvalue weighted by molar-refractivity contribution is -0.129. The van der Waals surface area contributed by atoms with E-state index in [0.29, 0.717) is 12.0 Å². The zero-order valence-electron chi connectivity index (χ0n) is 6.45. The zero-order valence-corrected chi connectivity index (χ0v) is 6.45. The van der Waals surface area contributed by atoms with Crippen LogP contribution in [-0.4, -0.2) is 22.9 Å². The van der Waals surface area contributed by atoms with Gasteiger partial charge >= 0.3 is 0 Å². The van der Waals surface area contributed by atoms with E-state index < -0.39 is 0 Å². The number of carbonyl (C=O) groups is 1. The minimum atomic E-state index is -0.128. The molecule has 3 nitrogen and oxygen atoms in total. The van der Waals surface area contributed by atoms with Crippen molar-refractivity contribution in [1.82, 2.24) is 4.90 Å². The van der Waals surface area contributed by atoms with Crippen LogP contribution in [0.5, 0.6) is 0 Å². The van der Waals surface area contributed by atoms with Crippen LogP contribution in [0, 0.1) is 17.2 Å². The summed E-state index contributed by atoms with van der Waals surface area (Å²) in [5, 5.41) is 8.68. The lowest BCUT2D eigenvalue weighted by Gasteiger charge is -2.20. The van der Waals surface area contributed by atoms with Gasteiger partial charge in [-0.2, -0.15) is 5.26 Å². The van der Waals surface area contributed by atoms with Crippen LogP contribution in [0.25, 0.3) is 0 Å². The van der Waals surface area contributed by atoms with Gasteiger partial charge in [-0.05, 0) is 18.8 Å². The predicted molar refractivity (Wildman–Crippen MR) is 38.4 cm³/mol. The monoisotopic (exact) mass is 150 g/mol. The molecule has 1 heterocycles. The molecule has 1 aliphatic heterocycles. The van der Waals surface area contributed by atoms with Gasteiger partial charge in [0.2, 0.25) is 5.91 Å². The number of hydrogen-bond donors (Lipinski definition) is 0. The first kappa shape index (κ1) is 6.66. The maximum absolute atomic E-state index is 11.0. The fourth-order valence-corrected chi connectivity index (χ4v) is 2.02. The van der Waals surface area contributed by atoms with Crippen molar-refractivity contribution in [2.45, 2.75) is 31.8 Å². The van der Waals surface area contributed by atoms with Crippen LogP contribution in [0.2, 0.25) is 0 Å². The molecule has 1 amide bonds. The van der Waals surface area contributed by atoms with E-state index in [2.05, 4.69) is 6.07 Å². The minimum absolute atomic E-state index is 0.0570. The maximum atomic E-state index is 11.0.